The Bertz CT molecular complexity index is 554. The Kier molecular flexibility index (Phi) is 6.38. The molecule has 1 atom stereocenters. The lowest BCUT2D eigenvalue weighted by molar-refractivity contribution is 0.0500. The molecule has 1 amide bonds. The Labute approximate surface area is 144 Å². The number of likely N-dealkylation sites (N-methyl/N-ethyl adjacent to an activating group) is 1. The fourth-order valence-electron chi connectivity index (χ4n) is 3.08. The van der Waals surface area contributed by atoms with Crippen molar-refractivity contribution in [3.8, 4) is 0 Å². The van der Waals surface area contributed by atoms with Crippen LogP contribution in [0.25, 0.3) is 0 Å². The van der Waals surface area contributed by atoms with Crippen LogP contribution in [0, 0.1) is 0 Å². The molecule has 5 nitrogen and oxygen atoms in total. The molecule has 1 aromatic carbocycles. The molecule has 2 N–H and O–H groups in total. The Balaban J connectivity index is 2.04. The molecule has 5 heteroatoms. The van der Waals surface area contributed by atoms with E-state index in [1.165, 1.54) is 0 Å². The smallest absolute Gasteiger partial charge is 0.253 e. The second kappa shape index (κ2) is 8.10. The van der Waals surface area contributed by atoms with Gasteiger partial charge in [0, 0.05) is 37.8 Å². The van der Waals surface area contributed by atoms with E-state index in [9.17, 15) is 15.0 Å². The molecule has 0 saturated carbocycles. The predicted molar refractivity (Wildman–Crippen MR) is 95.1 cm³/mol. The molecular weight excluding hydrogens is 304 g/mol. The van der Waals surface area contributed by atoms with Crippen molar-refractivity contribution in [3.05, 3.63) is 35.4 Å². The zero-order chi connectivity index (χ0) is 17.7. The SMILES string of the molecule is CN1CCN(C(=O)c2cccc(CCC(C)(C)O)c2)C[C@H]1CCO. The Morgan fingerprint density at radius 2 is 2.08 bits per heavy atom. The quantitative estimate of drug-likeness (QED) is 0.828. The second-order valence-electron chi connectivity index (χ2n) is 7.41. The number of carbonyl (C=O) groups excluding carboxylic acids is 1. The van der Waals surface area contributed by atoms with Crippen LogP contribution >= 0.6 is 0 Å². The van der Waals surface area contributed by atoms with E-state index in [1.54, 1.807) is 13.8 Å². The Morgan fingerprint density at radius 1 is 1.33 bits per heavy atom. The van der Waals surface area contributed by atoms with Crippen LogP contribution < -0.4 is 0 Å². The van der Waals surface area contributed by atoms with Crippen molar-refractivity contribution in [1.29, 1.82) is 0 Å². The highest BCUT2D eigenvalue weighted by atomic mass is 16.3. The summed E-state index contributed by atoms with van der Waals surface area (Å²) < 4.78 is 0. The fraction of sp³-hybridized carbons (Fsp3) is 0.632. The molecule has 24 heavy (non-hydrogen) atoms. The Hall–Kier alpha value is -1.43. The third-order valence-electron chi connectivity index (χ3n) is 4.73. The molecule has 2 rings (SSSR count). The Morgan fingerprint density at radius 3 is 2.75 bits per heavy atom. The number of amides is 1. The van der Waals surface area contributed by atoms with E-state index in [0.717, 1.165) is 18.5 Å². The largest absolute Gasteiger partial charge is 0.396 e. The number of aryl methyl sites for hydroxylation is 1. The summed E-state index contributed by atoms with van der Waals surface area (Å²) in [6.45, 7) is 5.94. The molecule has 1 aromatic rings. The molecule has 0 aliphatic carbocycles. The topological polar surface area (TPSA) is 64.0 Å². The number of rotatable bonds is 6. The number of hydrogen-bond donors (Lipinski definition) is 2. The summed E-state index contributed by atoms with van der Waals surface area (Å²) >= 11 is 0. The van der Waals surface area contributed by atoms with Gasteiger partial charge < -0.3 is 15.1 Å². The first-order valence-corrected chi connectivity index (χ1v) is 8.72. The van der Waals surface area contributed by atoms with Gasteiger partial charge >= 0.3 is 0 Å². The van der Waals surface area contributed by atoms with Gasteiger partial charge in [-0.2, -0.15) is 0 Å². The average molecular weight is 334 g/mol. The van der Waals surface area contributed by atoms with E-state index in [0.29, 0.717) is 31.5 Å². The minimum absolute atomic E-state index is 0.0520. The zero-order valence-corrected chi connectivity index (χ0v) is 15.0. The van der Waals surface area contributed by atoms with Gasteiger partial charge in [-0.15, -0.1) is 0 Å². The normalized spacial score (nSPS) is 19.5. The minimum Gasteiger partial charge on any atom is -0.396 e. The van der Waals surface area contributed by atoms with E-state index in [2.05, 4.69) is 4.90 Å². The van der Waals surface area contributed by atoms with Crippen LogP contribution in [-0.2, 0) is 6.42 Å². The van der Waals surface area contributed by atoms with E-state index >= 15 is 0 Å². The van der Waals surface area contributed by atoms with Crippen molar-refractivity contribution in [2.24, 2.45) is 0 Å². The van der Waals surface area contributed by atoms with Crippen molar-refractivity contribution in [2.45, 2.75) is 44.8 Å². The predicted octanol–water partition coefficient (Wildman–Crippen LogP) is 1.53. The number of aliphatic hydroxyl groups excluding tert-OH is 1. The summed E-state index contributed by atoms with van der Waals surface area (Å²) in [7, 11) is 2.04. The number of aliphatic hydroxyl groups is 2. The molecule has 0 aromatic heterocycles. The van der Waals surface area contributed by atoms with Crippen molar-refractivity contribution in [2.75, 3.05) is 33.3 Å². The maximum Gasteiger partial charge on any atom is 0.253 e. The van der Waals surface area contributed by atoms with Crippen LogP contribution in [0.3, 0.4) is 0 Å². The van der Waals surface area contributed by atoms with Crippen LogP contribution in [0.15, 0.2) is 24.3 Å². The molecule has 134 valence electrons. The zero-order valence-electron chi connectivity index (χ0n) is 15.0. The summed E-state index contributed by atoms with van der Waals surface area (Å²) in [6.07, 6.45) is 2.10. The first-order chi connectivity index (χ1) is 11.3. The van der Waals surface area contributed by atoms with E-state index in [4.69, 9.17) is 0 Å². The first kappa shape index (κ1) is 18.9. The van der Waals surface area contributed by atoms with Gasteiger partial charge in [-0.1, -0.05) is 12.1 Å². The highest BCUT2D eigenvalue weighted by molar-refractivity contribution is 5.94. The molecule has 1 fully saturated rings. The van der Waals surface area contributed by atoms with E-state index in [1.807, 2.05) is 36.2 Å². The van der Waals surface area contributed by atoms with Crippen LogP contribution in [0.2, 0.25) is 0 Å². The van der Waals surface area contributed by atoms with Gasteiger partial charge in [0.15, 0.2) is 0 Å². The molecule has 1 aliphatic rings. The van der Waals surface area contributed by atoms with Crippen LogP contribution in [-0.4, -0.2) is 70.9 Å². The molecule has 0 bridgehead atoms. The number of hydrogen-bond acceptors (Lipinski definition) is 4. The molecule has 1 aliphatic heterocycles. The van der Waals surface area contributed by atoms with Crippen LogP contribution in [0.4, 0.5) is 0 Å². The number of nitrogens with zero attached hydrogens (tertiary/aromatic N) is 2. The summed E-state index contributed by atoms with van der Waals surface area (Å²) in [6, 6.07) is 7.92. The third-order valence-corrected chi connectivity index (χ3v) is 4.73. The van der Waals surface area contributed by atoms with Crippen LogP contribution in [0.1, 0.15) is 42.6 Å². The fourth-order valence-corrected chi connectivity index (χ4v) is 3.08. The van der Waals surface area contributed by atoms with Crippen molar-refractivity contribution >= 4 is 5.91 Å². The van der Waals surface area contributed by atoms with Gasteiger partial charge in [0.25, 0.3) is 5.91 Å². The molecule has 1 heterocycles. The molecular formula is C19H30N2O3. The van der Waals surface area contributed by atoms with Gasteiger partial charge in [0.2, 0.25) is 0 Å². The highest BCUT2D eigenvalue weighted by Crippen LogP contribution is 2.17. The summed E-state index contributed by atoms with van der Waals surface area (Å²) in [5.41, 5.74) is 1.08. The number of piperazine rings is 1. The van der Waals surface area contributed by atoms with Gasteiger partial charge in [0.05, 0.1) is 5.60 Å². The maximum absolute atomic E-state index is 12.8. The number of benzene rings is 1. The highest BCUT2D eigenvalue weighted by Gasteiger charge is 2.27. The first-order valence-electron chi connectivity index (χ1n) is 8.72. The van der Waals surface area contributed by atoms with Gasteiger partial charge in [-0.3, -0.25) is 9.69 Å². The lowest BCUT2D eigenvalue weighted by Gasteiger charge is -2.39. The van der Waals surface area contributed by atoms with Gasteiger partial charge in [-0.25, -0.2) is 0 Å². The van der Waals surface area contributed by atoms with Crippen molar-refractivity contribution in [1.82, 2.24) is 9.80 Å². The standard InChI is InChI=1S/C19H30N2O3/c1-19(2,24)9-7-15-5-4-6-16(13-15)18(23)21-11-10-20(3)17(14-21)8-12-22/h4-6,13,17,22,24H,7-12,14H2,1-3H3/t17-/m1/s1. The minimum atomic E-state index is -0.699. The summed E-state index contributed by atoms with van der Waals surface area (Å²) in [4.78, 5) is 16.9. The van der Waals surface area contributed by atoms with Crippen molar-refractivity contribution < 1.29 is 15.0 Å². The van der Waals surface area contributed by atoms with Crippen LogP contribution in [0.5, 0.6) is 0 Å². The molecule has 0 radical (unpaired) electrons. The summed E-state index contributed by atoms with van der Waals surface area (Å²) in [5, 5.41) is 19.1. The number of carbonyl (C=O) groups is 1. The lowest BCUT2D eigenvalue weighted by Crippen LogP contribution is -2.53. The second-order valence-corrected chi connectivity index (χ2v) is 7.41. The van der Waals surface area contributed by atoms with E-state index in [-0.39, 0.29) is 18.6 Å². The lowest BCUT2D eigenvalue weighted by atomic mass is 9.97. The average Bonchev–Trinajstić information content (AvgIpc) is 2.54. The molecule has 1 saturated heterocycles. The molecule has 0 spiro atoms. The summed E-state index contributed by atoms with van der Waals surface area (Å²) in [5.74, 6) is 0.0520. The van der Waals surface area contributed by atoms with Gasteiger partial charge in [-0.05, 0) is 57.9 Å². The third kappa shape index (κ3) is 5.30. The van der Waals surface area contributed by atoms with E-state index < -0.39 is 5.60 Å². The van der Waals surface area contributed by atoms with Crippen molar-refractivity contribution in [3.63, 3.8) is 0 Å². The maximum atomic E-state index is 12.8. The monoisotopic (exact) mass is 334 g/mol. The molecule has 0 unspecified atom stereocenters. The van der Waals surface area contributed by atoms with Gasteiger partial charge in [0.1, 0.15) is 0 Å².